The third-order valence-electron chi connectivity index (χ3n) is 6.23. The molecule has 3 nitrogen and oxygen atoms in total. The van der Waals surface area contributed by atoms with Gasteiger partial charge < -0.3 is 4.90 Å². The quantitative estimate of drug-likeness (QED) is 0.633. The Morgan fingerprint density at radius 1 is 0.806 bits per heavy atom. The topological polar surface area (TPSA) is 20.0 Å². The number of quaternary nitrogens is 1. The van der Waals surface area contributed by atoms with Gasteiger partial charge in [0.2, 0.25) is 0 Å². The van der Waals surface area contributed by atoms with Crippen molar-refractivity contribution in [2.75, 3.05) is 26.2 Å². The highest BCUT2D eigenvalue weighted by Crippen LogP contribution is 2.41. The van der Waals surface area contributed by atoms with Gasteiger partial charge in [-0.2, -0.15) is 18.3 Å². The highest BCUT2D eigenvalue weighted by atomic mass is 19.4. The van der Waals surface area contributed by atoms with Gasteiger partial charge in [0.1, 0.15) is 6.04 Å². The van der Waals surface area contributed by atoms with E-state index in [-0.39, 0.29) is 0 Å². The molecule has 1 heterocycles. The number of fused-ring (bicyclic) bond motifs is 3. The predicted molar refractivity (Wildman–Crippen MR) is 115 cm³/mol. The number of nitrogens with one attached hydrogen (secondary N) is 1. The first-order valence-corrected chi connectivity index (χ1v) is 10.5. The van der Waals surface area contributed by atoms with E-state index in [0.717, 1.165) is 38.3 Å². The van der Waals surface area contributed by atoms with Crippen LogP contribution in [0.15, 0.2) is 77.9 Å². The molecule has 0 spiro atoms. The maximum absolute atomic E-state index is 12.7. The molecule has 2 aliphatic rings. The molecule has 0 bridgehead atoms. The maximum atomic E-state index is 12.7. The standard InChI is InChI=1S/C25H22F3N3/c26-25(27,28)19-11-9-18(10-12-19)17-29-31-15-13-30(14-16-31)24-22-7-3-1-5-20(22)21-6-2-4-8-23(21)24/h1-12,17,24H,13-16H2/p+1/b29-17+. The first-order valence-electron chi connectivity index (χ1n) is 10.5. The number of hydrogen-bond donors (Lipinski definition) is 1. The van der Waals surface area contributed by atoms with Gasteiger partial charge in [0.15, 0.2) is 0 Å². The van der Waals surface area contributed by atoms with E-state index in [1.165, 1.54) is 39.3 Å². The average molecular weight is 422 g/mol. The molecular weight excluding hydrogens is 399 g/mol. The molecule has 1 saturated heterocycles. The average Bonchev–Trinajstić information content (AvgIpc) is 3.12. The van der Waals surface area contributed by atoms with Crippen LogP contribution in [0.2, 0.25) is 0 Å². The van der Waals surface area contributed by atoms with Crippen molar-refractivity contribution in [3.05, 3.63) is 95.1 Å². The minimum atomic E-state index is -4.31. The molecule has 0 aromatic heterocycles. The van der Waals surface area contributed by atoms with Gasteiger partial charge >= 0.3 is 6.18 Å². The van der Waals surface area contributed by atoms with E-state index in [0.29, 0.717) is 11.6 Å². The van der Waals surface area contributed by atoms with E-state index in [2.05, 4.69) is 53.6 Å². The lowest BCUT2D eigenvalue weighted by molar-refractivity contribution is -0.929. The number of nitrogens with zero attached hydrogens (tertiary/aromatic N) is 2. The van der Waals surface area contributed by atoms with Gasteiger partial charge in [-0.3, -0.25) is 5.01 Å². The van der Waals surface area contributed by atoms with Gasteiger partial charge in [-0.05, 0) is 28.8 Å². The van der Waals surface area contributed by atoms with Crippen molar-refractivity contribution in [1.29, 1.82) is 0 Å². The van der Waals surface area contributed by atoms with Gasteiger partial charge in [0.25, 0.3) is 0 Å². The second-order valence-electron chi connectivity index (χ2n) is 8.08. The van der Waals surface area contributed by atoms with Crippen LogP contribution < -0.4 is 4.90 Å². The maximum Gasteiger partial charge on any atom is 0.416 e. The number of benzene rings is 3. The van der Waals surface area contributed by atoms with Crippen molar-refractivity contribution in [2.24, 2.45) is 5.10 Å². The molecule has 0 atom stereocenters. The summed E-state index contributed by atoms with van der Waals surface area (Å²) in [7, 11) is 0. The SMILES string of the molecule is FC(F)(F)c1ccc(/C=N/N2CC[NH+](C3c4ccccc4-c4ccccc43)CC2)cc1. The Hall–Kier alpha value is -3.12. The second kappa shape index (κ2) is 7.85. The Bertz CT molecular complexity index is 1050. The Labute approximate surface area is 179 Å². The predicted octanol–water partition coefficient (Wildman–Crippen LogP) is 4.01. The molecule has 0 unspecified atom stereocenters. The van der Waals surface area contributed by atoms with Crippen LogP contribution in [0.25, 0.3) is 11.1 Å². The smallest absolute Gasteiger partial charge is 0.322 e. The van der Waals surface area contributed by atoms with Crippen LogP contribution >= 0.6 is 0 Å². The minimum Gasteiger partial charge on any atom is -0.322 e. The summed E-state index contributed by atoms with van der Waals surface area (Å²) < 4.78 is 38.1. The van der Waals surface area contributed by atoms with Crippen molar-refractivity contribution in [2.45, 2.75) is 12.2 Å². The van der Waals surface area contributed by atoms with Gasteiger partial charge in [-0.1, -0.05) is 60.7 Å². The van der Waals surface area contributed by atoms with Gasteiger partial charge in [0, 0.05) is 11.1 Å². The summed E-state index contributed by atoms with van der Waals surface area (Å²) in [6.45, 7) is 3.54. The number of hydrogen-bond acceptors (Lipinski definition) is 2. The van der Waals surface area contributed by atoms with E-state index in [9.17, 15) is 13.2 Å². The second-order valence-corrected chi connectivity index (χ2v) is 8.08. The third kappa shape index (κ3) is 3.83. The molecule has 0 saturated carbocycles. The summed E-state index contributed by atoms with van der Waals surface area (Å²) in [4.78, 5) is 1.53. The number of piperazine rings is 1. The Morgan fingerprint density at radius 3 is 1.90 bits per heavy atom. The van der Waals surface area contributed by atoms with Crippen LogP contribution in [0.3, 0.4) is 0 Å². The summed E-state index contributed by atoms with van der Waals surface area (Å²) in [5.41, 5.74) is 5.47. The van der Waals surface area contributed by atoms with E-state index in [4.69, 9.17) is 0 Å². The first kappa shape index (κ1) is 19.8. The van der Waals surface area contributed by atoms with E-state index in [1.807, 2.05) is 5.01 Å². The molecule has 6 heteroatoms. The lowest BCUT2D eigenvalue weighted by Crippen LogP contribution is -3.14. The normalized spacial score (nSPS) is 17.2. The Balaban J connectivity index is 1.27. The van der Waals surface area contributed by atoms with Crippen LogP contribution in [0, 0.1) is 0 Å². The van der Waals surface area contributed by atoms with Crippen molar-refractivity contribution < 1.29 is 18.1 Å². The molecule has 158 valence electrons. The fraction of sp³-hybridized carbons (Fsp3) is 0.240. The molecule has 0 amide bonds. The van der Waals surface area contributed by atoms with Gasteiger partial charge in [-0.15, -0.1) is 0 Å². The number of hydrazone groups is 1. The summed E-state index contributed by atoms with van der Waals surface area (Å²) in [6, 6.07) is 22.8. The van der Waals surface area contributed by atoms with Gasteiger partial charge in [-0.25, -0.2) is 0 Å². The van der Waals surface area contributed by atoms with Crippen LogP contribution in [0.5, 0.6) is 0 Å². The summed E-state index contributed by atoms with van der Waals surface area (Å²) >= 11 is 0. The largest absolute Gasteiger partial charge is 0.416 e. The molecule has 1 N–H and O–H groups in total. The molecule has 31 heavy (non-hydrogen) atoms. The summed E-state index contributed by atoms with van der Waals surface area (Å²) in [5, 5.41) is 6.52. The zero-order valence-electron chi connectivity index (χ0n) is 16.9. The molecule has 3 aromatic carbocycles. The lowest BCUT2D eigenvalue weighted by Gasteiger charge is -2.34. The van der Waals surface area contributed by atoms with Gasteiger partial charge in [0.05, 0.1) is 38.0 Å². The number of halogens is 3. The van der Waals surface area contributed by atoms with Crippen molar-refractivity contribution >= 4 is 6.21 Å². The van der Waals surface area contributed by atoms with Crippen molar-refractivity contribution in [3.8, 4) is 11.1 Å². The number of rotatable bonds is 3. The Kier molecular flexibility index (Phi) is 5.02. The molecular formula is C25H23F3N3+. The highest BCUT2D eigenvalue weighted by molar-refractivity contribution is 5.79. The molecule has 1 aliphatic carbocycles. The monoisotopic (exact) mass is 422 g/mol. The summed E-state index contributed by atoms with van der Waals surface area (Å²) in [5.74, 6) is 0. The van der Waals surface area contributed by atoms with Crippen LogP contribution in [-0.2, 0) is 6.18 Å². The molecule has 3 aromatic rings. The van der Waals surface area contributed by atoms with E-state index in [1.54, 1.807) is 6.21 Å². The molecule has 5 rings (SSSR count). The molecule has 1 aliphatic heterocycles. The fourth-order valence-corrected chi connectivity index (χ4v) is 4.69. The van der Waals surface area contributed by atoms with Crippen LogP contribution in [-0.4, -0.2) is 37.4 Å². The third-order valence-corrected chi connectivity index (χ3v) is 6.23. The minimum absolute atomic E-state index is 0.341. The van der Waals surface area contributed by atoms with Crippen LogP contribution in [0.4, 0.5) is 13.2 Å². The number of alkyl halides is 3. The highest BCUT2D eigenvalue weighted by Gasteiger charge is 2.37. The zero-order chi connectivity index (χ0) is 21.4. The molecule has 0 radical (unpaired) electrons. The van der Waals surface area contributed by atoms with E-state index >= 15 is 0 Å². The van der Waals surface area contributed by atoms with Crippen molar-refractivity contribution in [1.82, 2.24) is 5.01 Å². The zero-order valence-corrected chi connectivity index (χ0v) is 16.9. The Morgan fingerprint density at radius 2 is 1.35 bits per heavy atom. The summed E-state index contributed by atoms with van der Waals surface area (Å²) in [6.07, 6.45) is -2.67. The fourth-order valence-electron chi connectivity index (χ4n) is 4.69. The lowest BCUT2D eigenvalue weighted by atomic mass is 10.0. The van der Waals surface area contributed by atoms with E-state index < -0.39 is 11.7 Å². The van der Waals surface area contributed by atoms with Crippen LogP contribution in [0.1, 0.15) is 28.3 Å². The molecule has 1 fully saturated rings. The van der Waals surface area contributed by atoms with Crippen molar-refractivity contribution in [3.63, 3.8) is 0 Å². The first-order chi connectivity index (χ1) is 15.0.